The van der Waals surface area contributed by atoms with E-state index in [-0.39, 0.29) is 0 Å². The first-order valence-electron chi connectivity index (χ1n) is 6.55. The molecule has 1 fully saturated rings. The molecule has 2 amide bonds. The first kappa shape index (κ1) is 14.3. The number of amides is 2. The van der Waals surface area contributed by atoms with Crippen LogP contribution in [-0.4, -0.2) is 34.6 Å². The zero-order valence-electron chi connectivity index (χ0n) is 11.2. The molecule has 6 heteroatoms. The number of carboxylic acid groups (broad SMARTS) is 1. The fraction of sp³-hybridized carbons (Fsp3) is 0.429. The molecule has 1 aromatic rings. The van der Waals surface area contributed by atoms with Gasteiger partial charge in [0.1, 0.15) is 11.9 Å². The van der Waals surface area contributed by atoms with Crippen molar-refractivity contribution in [3.8, 4) is 0 Å². The van der Waals surface area contributed by atoms with Crippen molar-refractivity contribution in [2.75, 3.05) is 6.54 Å². The van der Waals surface area contributed by atoms with Gasteiger partial charge in [0.2, 0.25) is 0 Å². The molecule has 0 radical (unpaired) electrons. The molecule has 2 atom stereocenters. The first-order chi connectivity index (χ1) is 9.50. The summed E-state index contributed by atoms with van der Waals surface area (Å²) in [5.41, 5.74) is 0.381. The largest absolute Gasteiger partial charge is 0.480 e. The van der Waals surface area contributed by atoms with E-state index in [1.807, 2.05) is 0 Å². The van der Waals surface area contributed by atoms with E-state index < -0.39 is 29.9 Å². The average molecular weight is 280 g/mol. The van der Waals surface area contributed by atoms with Gasteiger partial charge in [-0.3, -0.25) is 0 Å². The zero-order valence-corrected chi connectivity index (χ0v) is 11.2. The minimum absolute atomic E-state index is 0.381. The molecule has 0 saturated carbocycles. The number of nitrogens with one attached hydrogen (secondary N) is 1. The Kier molecular flexibility index (Phi) is 4.22. The van der Waals surface area contributed by atoms with Crippen LogP contribution in [0.25, 0.3) is 0 Å². The zero-order chi connectivity index (χ0) is 14.7. The Morgan fingerprint density at radius 3 is 2.80 bits per heavy atom. The second-order valence-electron chi connectivity index (χ2n) is 4.88. The Hall–Kier alpha value is -2.11. The Bertz CT molecular complexity index is 521. The normalized spacial score (nSPS) is 19.7. The fourth-order valence-electron chi connectivity index (χ4n) is 2.44. The van der Waals surface area contributed by atoms with Crippen molar-refractivity contribution in [3.05, 3.63) is 35.6 Å². The van der Waals surface area contributed by atoms with E-state index in [2.05, 4.69) is 5.32 Å². The van der Waals surface area contributed by atoms with Crippen LogP contribution in [0.3, 0.4) is 0 Å². The molecule has 1 unspecified atom stereocenters. The molecule has 2 N–H and O–H groups in total. The van der Waals surface area contributed by atoms with Crippen molar-refractivity contribution in [3.63, 3.8) is 0 Å². The molecule has 0 aliphatic carbocycles. The number of benzene rings is 1. The van der Waals surface area contributed by atoms with Gasteiger partial charge in [0.05, 0.1) is 6.04 Å². The third kappa shape index (κ3) is 2.89. The molecule has 2 rings (SSSR count). The number of carbonyl (C=O) groups excluding carboxylic acids is 1. The van der Waals surface area contributed by atoms with Gasteiger partial charge in [-0.2, -0.15) is 0 Å². The fourth-order valence-corrected chi connectivity index (χ4v) is 2.44. The highest BCUT2D eigenvalue weighted by atomic mass is 19.1. The minimum Gasteiger partial charge on any atom is -0.480 e. The Balaban J connectivity index is 2.04. The van der Waals surface area contributed by atoms with Crippen LogP contribution in [-0.2, 0) is 4.79 Å². The van der Waals surface area contributed by atoms with E-state index in [0.29, 0.717) is 24.9 Å². The summed E-state index contributed by atoms with van der Waals surface area (Å²) in [7, 11) is 0. The summed E-state index contributed by atoms with van der Waals surface area (Å²) in [6, 6.07) is 4.42. The lowest BCUT2D eigenvalue weighted by Crippen LogP contribution is -2.46. The van der Waals surface area contributed by atoms with Crippen LogP contribution < -0.4 is 5.32 Å². The van der Waals surface area contributed by atoms with E-state index in [0.717, 1.165) is 0 Å². The van der Waals surface area contributed by atoms with Crippen molar-refractivity contribution in [1.29, 1.82) is 0 Å². The molecule has 1 aromatic carbocycles. The molecule has 1 aliphatic rings. The lowest BCUT2D eigenvalue weighted by atomic mass is 10.1. The standard InChI is InChI=1S/C14H17FN2O3/c1-9(10-5-2-3-6-11(10)15)16-14(20)17-8-4-7-12(17)13(18)19/h2-3,5-6,9,12H,4,7-8H2,1H3,(H,16,20)(H,18,19)/t9?,12-/m0/s1. The maximum absolute atomic E-state index is 13.6. The topological polar surface area (TPSA) is 69.6 Å². The third-order valence-corrected chi connectivity index (χ3v) is 3.51. The number of hydrogen-bond donors (Lipinski definition) is 2. The number of halogens is 1. The SMILES string of the molecule is CC(NC(=O)N1CCC[C@H]1C(=O)O)c1ccccc1F. The predicted octanol–water partition coefficient (Wildman–Crippen LogP) is 2.15. The molecule has 1 heterocycles. The van der Waals surface area contributed by atoms with Gasteiger partial charge < -0.3 is 15.3 Å². The highest BCUT2D eigenvalue weighted by molar-refractivity contribution is 5.83. The summed E-state index contributed by atoms with van der Waals surface area (Å²) in [6.45, 7) is 2.08. The van der Waals surface area contributed by atoms with E-state index in [9.17, 15) is 14.0 Å². The lowest BCUT2D eigenvalue weighted by molar-refractivity contribution is -0.141. The molecule has 20 heavy (non-hydrogen) atoms. The molecule has 5 nitrogen and oxygen atoms in total. The number of carboxylic acids is 1. The van der Waals surface area contributed by atoms with Crippen molar-refractivity contribution in [2.45, 2.75) is 31.8 Å². The highest BCUT2D eigenvalue weighted by Gasteiger charge is 2.34. The number of urea groups is 1. The Morgan fingerprint density at radius 2 is 2.15 bits per heavy atom. The van der Waals surface area contributed by atoms with Gasteiger partial charge in [0.25, 0.3) is 0 Å². The molecular weight excluding hydrogens is 263 g/mol. The van der Waals surface area contributed by atoms with Gasteiger partial charge in [-0.15, -0.1) is 0 Å². The summed E-state index contributed by atoms with van der Waals surface area (Å²) < 4.78 is 13.6. The van der Waals surface area contributed by atoms with E-state index >= 15 is 0 Å². The molecule has 1 aliphatic heterocycles. The monoisotopic (exact) mass is 280 g/mol. The number of aliphatic carboxylic acids is 1. The van der Waals surface area contributed by atoms with Crippen molar-refractivity contribution in [1.82, 2.24) is 10.2 Å². The van der Waals surface area contributed by atoms with Gasteiger partial charge in [-0.05, 0) is 25.8 Å². The summed E-state index contributed by atoms with van der Waals surface area (Å²) in [6.07, 6.45) is 1.12. The van der Waals surface area contributed by atoms with Crippen LogP contribution in [0.15, 0.2) is 24.3 Å². The second-order valence-corrected chi connectivity index (χ2v) is 4.88. The van der Waals surface area contributed by atoms with Crippen LogP contribution in [0.2, 0.25) is 0 Å². The molecule has 0 aromatic heterocycles. The quantitative estimate of drug-likeness (QED) is 0.891. The third-order valence-electron chi connectivity index (χ3n) is 3.51. The molecule has 0 bridgehead atoms. The summed E-state index contributed by atoms with van der Waals surface area (Å²) in [5, 5.41) is 11.7. The highest BCUT2D eigenvalue weighted by Crippen LogP contribution is 2.20. The van der Waals surface area contributed by atoms with E-state index in [4.69, 9.17) is 5.11 Å². The van der Waals surface area contributed by atoms with Gasteiger partial charge >= 0.3 is 12.0 Å². The molecule has 108 valence electrons. The number of rotatable bonds is 3. The van der Waals surface area contributed by atoms with Crippen LogP contribution in [0.4, 0.5) is 9.18 Å². The number of nitrogens with zero attached hydrogens (tertiary/aromatic N) is 1. The van der Waals surface area contributed by atoms with Crippen LogP contribution in [0.1, 0.15) is 31.4 Å². The van der Waals surface area contributed by atoms with E-state index in [1.165, 1.54) is 11.0 Å². The van der Waals surface area contributed by atoms with E-state index in [1.54, 1.807) is 25.1 Å². The molecule has 0 spiro atoms. The minimum atomic E-state index is -1.00. The van der Waals surface area contributed by atoms with Crippen LogP contribution in [0, 0.1) is 5.82 Å². The van der Waals surface area contributed by atoms with Gasteiger partial charge in [-0.1, -0.05) is 18.2 Å². The smallest absolute Gasteiger partial charge is 0.326 e. The summed E-state index contributed by atoms with van der Waals surface area (Å²) >= 11 is 0. The predicted molar refractivity (Wildman–Crippen MR) is 70.7 cm³/mol. The lowest BCUT2D eigenvalue weighted by Gasteiger charge is -2.24. The number of likely N-dealkylation sites (tertiary alicyclic amines) is 1. The Labute approximate surface area is 116 Å². The maximum Gasteiger partial charge on any atom is 0.326 e. The van der Waals surface area contributed by atoms with Gasteiger partial charge in [0, 0.05) is 12.1 Å². The second kappa shape index (κ2) is 5.90. The molecule has 1 saturated heterocycles. The molecular formula is C14H17FN2O3. The average Bonchev–Trinajstić information content (AvgIpc) is 2.88. The van der Waals surface area contributed by atoms with Crippen LogP contribution in [0.5, 0.6) is 0 Å². The number of hydrogen-bond acceptors (Lipinski definition) is 2. The van der Waals surface area contributed by atoms with Crippen molar-refractivity contribution in [2.24, 2.45) is 0 Å². The summed E-state index contributed by atoms with van der Waals surface area (Å²) in [4.78, 5) is 24.4. The first-order valence-corrected chi connectivity index (χ1v) is 6.55. The maximum atomic E-state index is 13.6. The number of carbonyl (C=O) groups is 2. The van der Waals surface area contributed by atoms with Crippen molar-refractivity contribution < 1.29 is 19.1 Å². The van der Waals surface area contributed by atoms with Gasteiger partial charge in [-0.25, -0.2) is 14.0 Å². The van der Waals surface area contributed by atoms with Crippen LogP contribution >= 0.6 is 0 Å². The van der Waals surface area contributed by atoms with Gasteiger partial charge in [0.15, 0.2) is 0 Å². The summed E-state index contributed by atoms with van der Waals surface area (Å²) in [5.74, 6) is -1.40. The van der Waals surface area contributed by atoms with Crippen molar-refractivity contribution >= 4 is 12.0 Å². The Morgan fingerprint density at radius 1 is 1.45 bits per heavy atom.